The van der Waals surface area contributed by atoms with Crippen molar-refractivity contribution in [3.05, 3.63) is 17.5 Å². The van der Waals surface area contributed by atoms with Crippen molar-refractivity contribution in [3.8, 4) is 0 Å². The van der Waals surface area contributed by atoms with Crippen molar-refractivity contribution in [1.82, 2.24) is 14.7 Å². The molecule has 1 heterocycles. The first-order valence-electron chi connectivity index (χ1n) is 6.43. The van der Waals surface area contributed by atoms with E-state index in [4.69, 9.17) is 5.73 Å². The van der Waals surface area contributed by atoms with Crippen molar-refractivity contribution in [2.75, 3.05) is 13.6 Å². The molecule has 98 valence electrons. The lowest BCUT2D eigenvalue weighted by Crippen LogP contribution is -2.37. The predicted octanol–water partition coefficient (Wildman–Crippen LogP) is 1.85. The van der Waals surface area contributed by atoms with E-state index in [9.17, 15) is 0 Å². The van der Waals surface area contributed by atoms with Gasteiger partial charge in [-0.2, -0.15) is 5.10 Å². The molecule has 1 rings (SSSR count). The molecule has 1 aromatic rings. The maximum Gasteiger partial charge on any atom is 0.0540 e. The first-order valence-corrected chi connectivity index (χ1v) is 6.43. The van der Waals surface area contributed by atoms with E-state index in [1.54, 1.807) is 0 Å². The first kappa shape index (κ1) is 14.2. The van der Waals surface area contributed by atoms with E-state index < -0.39 is 0 Å². The Morgan fingerprint density at radius 2 is 2.18 bits per heavy atom. The van der Waals surface area contributed by atoms with Crippen LogP contribution in [0.25, 0.3) is 0 Å². The second-order valence-corrected chi connectivity index (χ2v) is 4.86. The Balaban J connectivity index is 2.87. The zero-order valence-corrected chi connectivity index (χ0v) is 11.8. The van der Waals surface area contributed by atoms with Gasteiger partial charge in [0.15, 0.2) is 0 Å². The van der Waals surface area contributed by atoms with Gasteiger partial charge in [-0.3, -0.25) is 9.58 Å². The molecule has 2 N–H and O–H groups in total. The van der Waals surface area contributed by atoms with Crippen molar-refractivity contribution in [2.45, 2.75) is 45.7 Å². The van der Waals surface area contributed by atoms with Gasteiger partial charge in [0.05, 0.1) is 12.2 Å². The zero-order valence-electron chi connectivity index (χ0n) is 11.8. The Kier molecular flexibility index (Phi) is 5.15. The van der Waals surface area contributed by atoms with Crippen molar-refractivity contribution < 1.29 is 0 Å². The van der Waals surface area contributed by atoms with Crippen molar-refractivity contribution in [3.63, 3.8) is 0 Å². The predicted molar refractivity (Wildman–Crippen MR) is 71.9 cm³/mol. The molecule has 0 radical (unpaired) electrons. The minimum Gasteiger partial charge on any atom is -0.329 e. The summed E-state index contributed by atoms with van der Waals surface area (Å²) in [6.45, 7) is 7.22. The molecule has 2 atom stereocenters. The molecular weight excluding hydrogens is 212 g/mol. The summed E-state index contributed by atoms with van der Waals surface area (Å²) in [7, 11) is 4.13. The summed E-state index contributed by atoms with van der Waals surface area (Å²) in [4.78, 5) is 2.37. The number of hydrogen-bond acceptors (Lipinski definition) is 3. The van der Waals surface area contributed by atoms with E-state index in [0.29, 0.717) is 12.6 Å². The summed E-state index contributed by atoms with van der Waals surface area (Å²) in [5.41, 5.74) is 8.39. The van der Waals surface area contributed by atoms with Crippen LogP contribution in [0.5, 0.6) is 0 Å². The van der Waals surface area contributed by atoms with E-state index in [1.165, 1.54) is 24.1 Å². The Morgan fingerprint density at radius 3 is 2.59 bits per heavy atom. The van der Waals surface area contributed by atoms with Gasteiger partial charge in [-0.25, -0.2) is 0 Å². The fourth-order valence-corrected chi connectivity index (χ4v) is 2.28. The van der Waals surface area contributed by atoms with Gasteiger partial charge in [0, 0.05) is 30.9 Å². The number of likely N-dealkylation sites (N-methyl/N-ethyl adjacent to an activating group) is 1. The maximum atomic E-state index is 5.94. The topological polar surface area (TPSA) is 47.1 Å². The molecular formula is C13H26N4. The number of aromatic nitrogens is 2. The minimum atomic E-state index is 0.269. The Labute approximate surface area is 105 Å². The molecule has 2 unspecified atom stereocenters. The molecule has 0 spiro atoms. The molecule has 4 heteroatoms. The first-order chi connectivity index (χ1) is 8.02. The molecule has 0 fully saturated rings. The van der Waals surface area contributed by atoms with E-state index >= 15 is 0 Å². The zero-order chi connectivity index (χ0) is 13.0. The Bertz CT molecular complexity index is 345. The average molecular weight is 238 g/mol. The summed E-state index contributed by atoms with van der Waals surface area (Å²) < 4.78 is 1.91. The van der Waals surface area contributed by atoms with Crippen LogP contribution in [0.3, 0.4) is 0 Å². The van der Waals surface area contributed by atoms with E-state index in [-0.39, 0.29) is 6.04 Å². The van der Waals surface area contributed by atoms with Crippen LogP contribution in [0.4, 0.5) is 0 Å². The van der Waals surface area contributed by atoms with E-state index in [0.717, 1.165) is 0 Å². The lowest BCUT2D eigenvalue weighted by Gasteiger charge is -2.32. The molecule has 4 nitrogen and oxygen atoms in total. The largest absolute Gasteiger partial charge is 0.329 e. The molecule has 0 bridgehead atoms. The molecule has 1 aromatic heterocycles. The van der Waals surface area contributed by atoms with Crippen LogP contribution >= 0.6 is 0 Å². The summed E-state index contributed by atoms with van der Waals surface area (Å²) in [5, 5.41) is 4.31. The summed E-state index contributed by atoms with van der Waals surface area (Å²) in [6, 6.07) is 0.818. The van der Waals surface area contributed by atoms with Gasteiger partial charge in [-0.1, -0.05) is 13.3 Å². The number of nitrogens with two attached hydrogens (primary N) is 1. The van der Waals surface area contributed by atoms with Gasteiger partial charge in [-0.05, 0) is 27.3 Å². The summed E-state index contributed by atoms with van der Waals surface area (Å²) in [6.07, 6.45) is 4.35. The minimum absolute atomic E-state index is 0.269. The van der Waals surface area contributed by atoms with Crippen LogP contribution in [0.15, 0.2) is 6.20 Å². The Morgan fingerprint density at radius 1 is 1.53 bits per heavy atom. The highest BCUT2D eigenvalue weighted by molar-refractivity contribution is 5.21. The summed E-state index contributed by atoms with van der Waals surface area (Å²) in [5.74, 6) is 0. The van der Waals surface area contributed by atoms with Crippen molar-refractivity contribution in [1.29, 1.82) is 0 Å². The molecule has 0 aliphatic heterocycles. The van der Waals surface area contributed by atoms with Gasteiger partial charge < -0.3 is 5.73 Å². The molecule has 0 amide bonds. The van der Waals surface area contributed by atoms with Gasteiger partial charge in [0.2, 0.25) is 0 Å². The molecule has 0 aliphatic carbocycles. The third-order valence-corrected chi connectivity index (χ3v) is 3.75. The third-order valence-electron chi connectivity index (χ3n) is 3.75. The second-order valence-electron chi connectivity index (χ2n) is 4.86. The number of rotatable bonds is 6. The van der Waals surface area contributed by atoms with Crippen molar-refractivity contribution in [2.24, 2.45) is 12.8 Å². The van der Waals surface area contributed by atoms with E-state index in [2.05, 4.69) is 37.8 Å². The van der Waals surface area contributed by atoms with Gasteiger partial charge in [-0.15, -0.1) is 0 Å². The van der Waals surface area contributed by atoms with E-state index in [1.807, 2.05) is 17.9 Å². The highest BCUT2D eigenvalue weighted by Gasteiger charge is 2.22. The third kappa shape index (κ3) is 3.07. The molecule has 0 saturated carbocycles. The van der Waals surface area contributed by atoms with Crippen LogP contribution in [0.2, 0.25) is 0 Å². The molecule has 0 aromatic carbocycles. The summed E-state index contributed by atoms with van der Waals surface area (Å²) >= 11 is 0. The number of hydrogen-bond donors (Lipinski definition) is 1. The van der Waals surface area contributed by atoms with Crippen LogP contribution in [-0.4, -0.2) is 34.3 Å². The van der Waals surface area contributed by atoms with Gasteiger partial charge >= 0.3 is 0 Å². The molecule has 17 heavy (non-hydrogen) atoms. The smallest absolute Gasteiger partial charge is 0.0540 e. The average Bonchev–Trinajstić information content (AvgIpc) is 2.62. The standard InChI is InChI=1S/C13H26N4/c1-6-7-10(2)16(4)13(8-14)12-9-15-17(5)11(12)3/h9-10,13H,6-8,14H2,1-5H3. The number of nitrogens with zero attached hydrogens (tertiary/aromatic N) is 3. The molecule has 0 saturated heterocycles. The van der Waals surface area contributed by atoms with Crippen LogP contribution in [0, 0.1) is 6.92 Å². The lowest BCUT2D eigenvalue weighted by molar-refractivity contribution is 0.179. The fraction of sp³-hybridized carbons (Fsp3) is 0.769. The number of aryl methyl sites for hydroxylation is 1. The van der Waals surface area contributed by atoms with Gasteiger partial charge in [0.25, 0.3) is 0 Å². The SMILES string of the molecule is CCCC(C)N(C)C(CN)c1cnn(C)c1C. The normalized spacial score (nSPS) is 15.2. The monoisotopic (exact) mass is 238 g/mol. The second kappa shape index (κ2) is 6.17. The highest BCUT2D eigenvalue weighted by atomic mass is 15.3. The van der Waals surface area contributed by atoms with Crippen LogP contribution < -0.4 is 5.73 Å². The quantitative estimate of drug-likeness (QED) is 0.822. The fourth-order valence-electron chi connectivity index (χ4n) is 2.28. The lowest BCUT2D eigenvalue weighted by atomic mass is 10.0. The van der Waals surface area contributed by atoms with Crippen molar-refractivity contribution >= 4 is 0 Å². The molecule has 0 aliphatic rings. The van der Waals surface area contributed by atoms with Crippen LogP contribution in [-0.2, 0) is 7.05 Å². The maximum absolute atomic E-state index is 5.94. The van der Waals surface area contributed by atoms with Gasteiger partial charge in [0.1, 0.15) is 0 Å². The van der Waals surface area contributed by atoms with Crippen LogP contribution in [0.1, 0.15) is 44.0 Å². The Hall–Kier alpha value is -0.870. The highest BCUT2D eigenvalue weighted by Crippen LogP contribution is 2.24.